The van der Waals surface area contributed by atoms with Gasteiger partial charge in [0, 0.05) is 16.5 Å². The number of aryl methyl sites for hydroxylation is 1. The highest BCUT2D eigenvalue weighted by molar-refractivity contribution is 6.30. The second kappa shape index (κ2) is 12.4. The number of benzene rings is 4. The molecule has 228 valence electrons. The van der Waals surface area contributed by atoms with Gasteiger partial charge in [-0.3, -0.25) is 14.7 Å². The smallest absolute Gasteiger partial charge is 0.229 e. The van der Waals surface area contributed by atoms with Crippen LogP contribution in [0.4, 0.5) is 0 Å². The van der Waals surface area contributed by atoms with Crippen molar-refractivity contribution in [2.75, 3.05) is 6.61 Å². The minimum atomic E-state index is -0.916. The van der Waals surface area contributed by atoms with Crippen LogP contribution in [0.5, 0.6) is 5.75 Å². The number of amides is 1. The van der Waals surface area contributed by atoms with Crippen LogP contribution < -0.4 is 4.74 Å². The third kappa shape index (κ3) is 5.90. The molecular weight excluding hydrogens is 587 g/mol. The van der Waals surface area contributed by atoms with Gasteiger partial charge in [-0.05, 0) is 91.3 Å². The number of hydrogen-bond acceptors (Lipinski definition) is 3. The monoisotopic (exact) mass is 626 g/mol. The zero-order chi connectivity index (χ0) is 31.7. The van der Waals surface area contributed by atoms with Gasteiger partial charge >= 0.3 is 0 Å². The highest BCUT2D eigenvalue weighted by atomic mass is 35.5. The summed E-state index contributed by atoms with van der Waals surface area (Å²) in [5.74, 6) is 1.27. The second-order valence-corrected chi connectivity index (χ2v) is 13.6. The van der Waals surface area contributed by atoms with Crippen LogP contribution in [0.2, 0.25) is 10.0 Å². The number of halogens is 2. The quantitative estimate of drug-likeness (QED) is 0.195. The Labute approximate surface area is 271 Å². The average Bonchev–Trinajstić information content (AvgIpc) is 3.25. The summed E-state index contributed by atoms with van der Waals surface area (Å²) in [5.41, 5.74) is 3.03. The fraction of sp³-hybridized carbons (Fsp3) is 0.316. The number of carbonyl (C=O) groups excluding carboxylic acids is 1. The normalized spacial score (nSPS) is 20.0. The van der Waals surface area contributed by atoms with Crippen LogP contribution in [0.1, 0.15) is 75.8 Å². The van der Waals surface area contributed by atoms with E-state index in [1.54, 1.807) is 0 Å². The molecule has 0 radical (unpaired) electrons. The molecule has 44 heavy (non-hydrogen) atoms. The lowest BCUT2D eigenvalue weighted by molar-refractivity contribution is -0.132. The predicted octanol–water partition coefficient (Wildman–Crippen LogP) is 9.74. The molecule has 2 atom stereocenters. The number of amidine groups is 1. The molecule has 0 fully saturated rings. The van der Waals surface area contributed by atoms with Crippen molar-refractivity contribution in [2.24, 2.45) is 4.99 Å². The molecule has 1 heterocycles. The van der Waals surface area contributed by atoms with E-state index in [9.17, 15) is 4.79 Å². The van der Waals surface area contributed by atoms with Crippen molar-refractivity contribution in [3.63, 3.8) is 0 Å². The lowest BCUT2D eigenvalue weighted by Gasteiger charge is -2.45. The minimum Gasteiger partial charge on any atom is -0.493 e. The molecule has 1 amide bonds. The summed E-state index contributed by atoms with van der Waals surface area (Å²) in [5, 5.41) is 1.27. The number of nitrogens with zero attached hydrogens (tertiary/aromatic N) is 2. The Morgan fingerprint density at radius 3 is 2.00 bits per heavy atom. The summed E-state index contributed by atoms with van der Waals surface area (Å²) in [4.78, 5) is 22.1. The number of rotatable bonds is 8. The molecule has 1 aliphatic heterocycles. The summed E-state index contributed by atoms with van der Waals surface area (Å²) in [7, 11) is 0. The van der Waals surface area contributed by atoms with Crippen molar-refractivity contribution in [1.29, 1.82) is 0 Å². The lowest BCUT2D eigenvalue weighted by atomic mass is 9.70. The predicted molar refractivity (Wildman–Crippen MR) is 182 cm³/mol. The molecular formula is C38H40Cl2N2O2. The van der Waals surface area contributed by atoms with Gasteiger partial charge in [0.15, 0.2) is 0 Å². The first kappa shape index (κ1) is 31.8. The van der Waals surface area contributed by atoms with E-state index in [2.05, 4.69) is 65.0 Å². The zero-order valence-corrected chi connectivity index (χ0v) is 27.8. The number of ether oxygens (including phenoxy) is 1. The van der Waals surface area contributed by atoms with E-state index in [0.29, 0.717) is 41.1 Å². The molecule has 1 aliphatic rings. The van der Waals surface area contributed by atoms with Gasteiger partial charge in [0.2, 0.25) is 5.91 Å². The maximum Gasteiger partial charge on any atom is 0.229 e. The average molecular weight is 628 g/mol. The van der Waals surface area contributed by atoms with E-state index in [0.717, 1.165) is 27.8 Å². The molecule has 6 heteroatoms. The van der Waals surface area contributed by atoms with Crippen LogP contribution in [0.3, 0.4) is 0 Å². The van der Waals surface area contributed by atoms with Crippen LogP contribution >= 0.6 is 23.2 Å². The van der Waals surface area contributed by atoms with Gasteiger partial charge in [-0.15, -0.1) is 0 Å². The van der Waals surface area contributed by atoms with Crippen LogP contribution in [-0.2, 0) is 27.7 Å². The number of carbonyl (C=O) groups is 1. The summed E-state index contributed by atoms with van der Waals surface area (Å²) in [6.45, 7) is 13.2. The summed E-state index contributed by atoms with van der Waals surface area (Å²) in [6.07, 6.45) is 0.923. The Morgan fingerprint density at radius 2 is 1.43 bits per heavy atom. The Morgan fingerprint density at radius 1 is 0.841 bits per heavy atom. The third-order valence-electron chi connectivity index (χ3n) is 8.86. The summed E-state index contributed by atoms with van der Waals surface area (Å²) < 4.78 is 6.27. The van der Waals surface area contributed by atoms with E-state index in [4.69, 9.17) is 32.9 Å². The first-order chi connectivity index (χ1) is 20.9. The van der Waals surface area contributed by atoms with Gasteiger partial charge in [-0.1, -0.05) is 105 Å². The maximum absolute atomic E-state index is 14.7. The van der Waals surface area contributed by atoms with E-state index in [1.807, 2.05) is 78.6 Å². The molecule has 0 saturated heterocycles. The molecule has 4 nitrogen and oxygen atoms in total. The van der Waals surface area contributed by atoms with Gasteiger partial charge in [-0.25, -0.2) is 0 Å². The van der Waals surface area contributed by atoms with Crippen LogP contribution in [-0.4, -0.2) is 23.2 Å². The largest absolute Gasteiger partial charge is 0.493 e. The van der Waals surface area contributed by atoms with E-state index < -0.39 is 11.1 Å². The Kier molecular flexibility index (Phi) is 8.98. The highest BCUT2D eigenvalue weighted by Crippen LogP contribution is 2.54. The van der Waals surface area contributed by atoms with E-state index in [1.165, 1.54) is 0 Å². The Hall–Kier alpha value is -3.60. The molecule has 0 N–H and O–H groups in total. The van der Waals surface area contributed by atoms with Crippen molar-refractivity contribution in [3.05, 3.63) is 135 Å². The lowest BCUT2D eigenvalue weighted by Crippen LogP contribution is -2.55. The zero-order valence-electron chi connectivity index (χ0n) is 26.3. The first-order valence-electron chi connectivity index (χ1n) is 15.1. The van der Waals surface area contributed by atoms with Crippen LogP contribution in [0.25, 0.3) is 0 Å². The second-order valence-electron chi connectivity index (χ2n) is 12.7. The third-order valence-corrected chi connectivity index (χ3v) is 9.36. The SMILES string of the molecule is CCOc1cc(C(C)(C)C)ccc1C1=N[C@@](C)(c2ccc(Cl)cc2)[C@@](C)(c2ccc(Cl)cc2)N1C(=O)CCc1ccccc1. The number of aliphatic imine (C=N–C) groups is 1. The maximum atomic E-state index is 14.7. The Balaban J connectivity index is 1.76. The van der Waals surface area contributed by atoms with Crippen molar-refractivity contribution in [1.82, 2.24) is 4.90 Å². The molecule has 0 aliphatic carbocycles. The molecule has 0 bridgehead atoms. The van der Waals surface area contributed by atoms with Gasteiger partial charge in [0.25, 0.3) is 0 Å². The molecule has 0 aromatic heterocycles. The minimum absolute atomic E-state index is 0.0231. The summed E-state index contributed by atoms with van der Waals surface area (Å²) in [6, 6.07) is 31.9. The molecule has 0 saturated carbocycles. The van der Waals surface area contributed by atoms with E-state index in [-0.39, 0.29) is 11.3 Å². The first-order valence-corrected chi connectivity index (χ1v) is 15.9. The fourth-order valence-electron chi connectivity index (χ4n) is 6.11. The van der Waals surface area contributed by atoms with Gasteiger partial charge in [0.1, 0.15) is 22.7 Å². The van der Waals surface area contributed by atoms with Crippen molar-refractivity contribution >= 4 is 34.9 Å². The molecule has 4 aromatic carbocycles. The summed E-state index contributed by atoms with van der Waals surface area (Å²) >= 11 is 12.7. The van der Waals surface area contributed by atoms with E-state index >= 15 is 0 Å². The van der Waals surface area contributed by atoms with Gasteiger partial charge < -0.3 is 4.74 Å². The number of hydrogen-bond donors (Lipinski definition) is 0. The molecule has 5 rings (SSSR count). The highest BCUT2D eigenvalue weighted by Gasteiger charge is 2.59. The Bertz CT molecular complexity index is 1660. The van der Waals surface area contributed by atoms with Gasteiger partial charge in [0.05, 0.1) is 12.2 Å². The van der Waals surface area contributed by atoms with Crippen molar-refractivity contribution < 1.29 is 9.53 Å². The van der Waals surface area contributed by atoms with Gasteiger partial charge in [-0.2, -0.15) is 0 Å². The topological polar surface area (TPSA) is 41.9 Å². The van der Waals surface area contributed by atoms with Crippen molar-refractivity contribution in [2.45, 2.75) is 70.9 Å². The molecule has 0 spiro atoms. The molecule has 0 unspecified atom stereocenters. The van der Waals surface area contributed by atoms with Crippen molar-refractivity contribution in [3.8, 4) is 5.75 Å². The van der Waals surface area contributed by atoms with Crippen LogP contribution in [0, 0.1) is 0 Å². The molecule has 4 aromatic rings. The fourth-order valence-corrected chi connectivity index (χ4v) is 6.36. The van der Waals surface area contributed by atoms with Crippen LogP contribution in [0.15, 0.2) is 102 Å². The standard InChI is InChI=1S/C38H40Cl2N2O2/c1-7-44-33-25-29(36(2,3)4)18-23-32(33)35-41-37(5,27-14-19-30(39)20-15-27)38(6,28-16-21-31(40)22-17-28)42(35)34(43)24-13-26-11-9-8-10-12-26/h8-12,14-23,25H,7,13,24H2,1-6H3/t37-,38+/m0/s1.